The van der Waals surface area contributed by atoms with Gasteiger partial charge in [0.2, 0.25) is 0 Å². The summed E-state index contributed by atoms with van der Waals surface area (Å²) < 4.78 is 3.42. The van der Waals surface area contributed by atoms with Crippen molar-refractivity contribution in [2.24, 2.45) is 7.05 Å². The Morgan fingerprint density at radius 3 is 3.00 bits per heavy atom. The van der Waals surface area contributed by atoms with Gasteiger partial charge in [-0.15, -0.1) is 0 Å². The van der Waals surface area contributed by atoms with Crippen molar-refractivity contribution in [1.82, 2.24) is 14.5 Å². The second-order valence-corrected chi connectivity index (χ2v) is 3.97. The van der Waals surface area contributed by atoms with Crippen LogP contribution in [0.3, 0.4) is 0 Å². The number of aromatic nitrogens is 2. The summed E-state index contributed by atoms with van der Waals surface area (Å²) in [5.74, 6) is -0.107. The minimum absolute atomic E-state index is 0.0628. The van der Waals surface area contributed by atoms with Gasteiger partial charge in [0, 0.05) is 26.3 Å². The third-order valence-corrected chi connectivity index (χ3v) is 3.00. The number of carbonyl (C=O) groups is 1. The van der Waals surface area contributed by atoms with Gasteiger partial charge in [0.15, 0.2) is 0 Å². The SMILES string of the molecule is Cn1ccc2c(cc3n2CCNC3=O)c1=O. The average molecular weight is 217 g/mol. The van der Waals surface area contributed by atoms with Crippen LogP contribution in [0.2, 0.25) is 0 Å². The quantitative estimate of drug-likeness (QED) is 0.679. The molecule has 0 radical (unpaired) electrons. The van der Waals surface area contributed by atoms with E-state index in [2.05, 4.69) is 5.32 Å². The predicted octanol–water partition coefficient (Wildman–Crippen LogP) is 0.0834. The fourth-order valence-corrected chi connectivity index (χ4v) is 2.16. The number of rotatable bonds is 0. The standard InChI is InChI=1S/C11H11N3O2/c1-13-4-2-8-7(11(13)16)6-9-10(15)12-3-5-14(8)9/h2,4,6H,3,5H2,1H3,(H,12,15). The zero-order chi connectivity index (χ0) is 11.3. The van der Waals surface area contributed by atoms with Crippen LogP contribution in [0.5, 0.6) is 0 Å². The summed E-state index contributed by atoms with van der Waals surface area (Å²) >= 11 is 0. The molecule has 16 heavy (non-hydrogen) atoms. The maximum Gasteiger partial charge on any atom is 0.268 e. The van der Waals surface area contributed by atoms with Crippen LogP contribution in [-0.4, -0.2) is 21.6 Å². The Balaban J connectivity index is 2.45. The summed E-state index contributed by atoms with van der Waals surface area (Å²) in [6.45, 7) is 1.34. The van der Waals surface area contributed by atoms with Crippen molar-refractivity contribution in [1.29, 1.82) is 0 Å². The minimum atomic E-state index is -0.107. The van der Waals surface area contributed by atoms with Crippen LogP contribution in [0, 0.1) is 0 Å². The van der Waals surface area contributed by atoms with Crippen molar-refractivity contribution in [3.05, 3.63) is 34.4 Å². The third kappa shape index (κ3) is 1.05. The number of carbonyl (C=O) groups excluding carboxylic acids is 1. The summed E-state index contributed by atoms with van der Waals surface area (Å²) in [4.78, 5) is 23.5. The Labute approximate surface area is 91.3 Å². The molecule has 3 rings (SSSR count). The van der Waals surface area contributed by atoms with Gasteiger partial charge in [-0.1, -0.05) is 0 Å². The van der Waals surface area contributed by atoms with E-state index >= 15 is 0 Å². The van der Waals surface area contributed by atoms with Crippen molar-refractivity contribution in [3.63, 3.8) is 0 Å². The lowest BCUT2D eigenvalue weighted by Crippen LogP contribution is -2.34. The van der Waals surface area contributed by atoms with Gasteiger partial charge in [0.1, 0.15) is 5.69 Å². The van der Waals surface area contributed by atoms with Gasteiger partial charge in [-0.25, -0.2) is 0 Å². The van der Waals surface area contributed by atoms with Gasteiger partial charge in [0.25, 0.3) is 11.5 Å². The Morgan fingerprint density at radius 2 is 2.19 bits per heavy atom. The van der Waals surface area contributed by atoms with Gasteiger partial charge in [0.05, 0.1) is 10.9 Å². The van der Waals surface area contributed by atoms with E-state index in [9.17, 15) is 9.59 Å². The lowest BCUT2D eigenvalue weighted by Gasteiger charge is -2.16. The second-order valence-electron chi connectivity index (χ2n) is 3.97. The van der Waals surface area contributed by atoms with E-state index < -0.39 is 0 Å². The van der Waals surface area contributed by atoms with Crippen LogP contribution in [0.15, 0.2) is 23.1 Å². The molecule has 0 atom stereocenters. The molecule has 0 saturated carbocycles. The molecule has 5 nitrogen and oxygen atoms in total. The van der Waals surface area contributed by atoms with E-state index in [1.54, 1.807) is 19.3 Å². The smallest absolute Gasteiger partial charge is 0.268 e. The highest BCUT2D eigenvalue weighted by Crippen LogP contribution is 2.18. The molecule has 1 aliphatic heterocycles. The van der Waals surface area contributed by atoms with Gasteiger partial charge in [-0.2, -0.15) is 0 Å². The number of nitrogens with one attached hydrogen (secondary N) is 1. The molecule has 2 aromatic rings. The molecule has 0 aliphatic carbocycles. The first-order valence-corrected chi connectivity index (χ1v) is 5.15. The number of hydrogen-bond acceptors (Lipinski definition) is 2. The van der Waals surface area contributed by atoms with E-state index in [1.807, 2.05) is 10.6 Å². The molecule has 0 aromatic carbocycles. The van der Waals surface area contributed by atoms with E-state index in [0.717, 1.165) is 12.1 Å². The summed E-state index contributed by atoms with van der Waals surface area (Å²) in [6, 6.07) is 3.55. The molecule has 1 aliphatic rings. The molecular weight excluding hydrogens is 206 g/mol. The second kappa shape index (κ2) is 2.98. The van der Waals surface area contributed by atoms with Gasteiger partial charge < -0.3 is 14.5 Å². The number of nitrogens with zero attached hydrogens (tertiary/aromatic N) is 2. The molecule has 0 saturated heterocycles. The first-order valence-electron chi connectivity index (χ1n) is 5.15. The molecule has 0 fully saturated rings. The lowest BCUT2D eigenvalue weighted by molar-refractivity contribution is 0.0929. The Bertz CT molecular complexity index is 651. The van der Waals surface area contributed by atoms with Gasteiger partial charge in [-0.3, -0.25) is 9.59 Å². The average Bonchev–Trinajstić information content (AvgIpc) is 2.65. The van der Waals surface area contributed by atoms with Crippen LogP contribution in [0.25, 0.3) is 10.9 Å². The first kappa shape index (κ1) is 9.21. The Kier molecular flexibility index (Phi) is 1.71. The number of aryl methyl sites for hydroxylation is 1. The van der Waals surface area contributed by atoms with Gasteiger partial charge in [-0.05, 0) is 12.1 Å². The maximum absolute atomic E-state index is 11.9. The Morgan fingerprint density at radius 1 is 1.38 bits per heavy atom. The summed E-state index contributed by atoms with van der Waals surface area (Å²) in [5.41, 5.74) is 1.35. The highest BCUT2D eigenvalue weighted by Gasteiger charge is 2.20. The van der Waals surface area contributed by atoms with Crippen molar-refractivity contribution in [2.45, 2.75) is 6.54 Å². The molecule has 0 bridgehead atoms. The molecule has 82 valence electrons. The van der Waals surface area contributed by atoms with Crippen molar-refractivity contribution in [2.75, 3.05) is 6.54 Å². The van der Waals surface area contributed by atoms with Gasteiger partial charge >= 0.3 is 0 Å². The zero-order valence-corrected chi connectivity index (χ0v) is 8.86. The molecule has 2 aromatic heterocycles. The predicted molar refractivity (Wildman–Crippen MR) is 59.5 cm³/mol. The molecule has 0 spiro atoms. The van der Waals surface area contributed by atoms with Crippen LogP contribution in [-0.2, 0) is 13.6 Å². The maximum atomic E-state index is 11.9. The normalized spacial score (nSPS) is 14.9. The van der Waals surface area contributed by atoms with Crippen LogP contribution < -0.4 is 10.9 Å². The summed E-state index contributed by atoms with van der Waals surface area (Å²) in [7, 11) is 1.71. The number of pyridine rings is 1. The van der Waals surface area contributed by atoms with Crippen molar-refractivity contribution in [3.8, 4) is 0 Å². The molecule has 0 unspecified atom stereocenters. The zero-order valence-electron chi connectivity index (χ0n) is 8.86. The van der Waals surface area contributed by atoms with Crippen LogP contribution >= 0.6 is 0 Å². The largest absolute Gasteiger partial charge is 0.349 e. The monoisotopic (exact) mass is 217 g/mol. The van der Waals surface area contributed by atoms with E-state index in [4.69, 9.17) is 0 Å². The highest BCUT2D eigenvalue weighted by atomic mass is 16.2. The fraction of sp³-hybridized carbons (Fsp3) is 0.273. The van der Waals surface area contributed by atoms with Crippen LogP contribution in [0.1, 0.15) is 10.5 Å². The summed E-state index contributed by atoms with van der Waals surface area (Å²) in [6.07, 6.45) is 1.73. The van der Waals surface area contributed by atoms with E-state index in [0.29, 0.717) is 17.6 Å². The lowest BCUT2D eigenvalue weighted by atomic mass is 10.3. The molecule has 5 heteroatoms. The molecule has 1 N–H and O–H groups in total. The topological polar surface area (TPSA) is 56.0 Å². The van der Waals surface area contributed by atoms with Crippen molar-refractivity contribution < 1.29 is 4.79 Å². The molecular formula is C11H11N3O2. The molecule has 3 heterocycles. The molecule has 1 amide bonds. The fourth-order valence-electron chi connectivity index (χ4n) is 2.16. The number of hydrogen-bond donors (Lipinski definition) is 1. The van der Waals surface area contributed by atoms with Crippen LogP contribution in [0.4, 0.5) is 0 Å². The first-order chi connectivity index (χ1) is 7.68. The summed E-state index contributed by atoms with van der Waals surface area (Å²) in [5, 5.41) is 3.37. The minimum Gasteiger partial charge on any atom is -0.349 e. The number of fused-ring (bicyclic) bond motifs is 3. The third-order valence-electron chi connectivity index (χ3n) is 3.00. The van der Waals surface area contributed by atoms with E-state index in [-0.39, 0.29) is 11.5 Å². The van der Waals surface area contributed by atoms with E-state index in [1.165, 1.54) is 4.57 Å². The van der Waals surface area contributed by atoms with Crippen molar-refractivity contribution >= 4 is 16.8 Å². The highest BCUT2D eigenvalue weighted by molar-refractivity contribution is 5.99. The Hall–Kier alpha value is -2.04. The number of amides is 1.